The number of methoxy groups -OCH3 is 1. The number of nitrogens with zero attached hydrogens (tertiary/aromatic N) is 2. The summed E-state index contributed by atoms with van der Waals surface area (Å²) in [5.41, 5.74) is 1.38. The van der Waals surface area contributed by atoms with E-state index in [1.54, 1.807) is 12.5 Å². The molecule has 1 aromatic carbocycles. The summed E-state index contributed by atoms with van der Waals surface area (Å²) in [5, 5.41) is 5.43. The Balaban J connectivity index is 1.49. The van der Waals surface area contributed by atoms with Crippen molar-refractivity contribution >= 4 is 23.2 Å². The van der Waals surface area contributed by atoms with Gasteiger partial charge in [0.05, 0.1) is 7.11 Å². The van der Waals surface area contributed by atoms with Crippen molar-refractivity contribution in [2.24, 2.45) is 0 Å². The van der Waals surface area contributed by atoms with E-state index < -0.39 is 0 Å². The number of likely N-dealkylation sites (tertiary alicyclic amines) is 1. The second-order valence-electron chi connectivity index (χ2n) is 5.86. The Morgan fingerprint density at radius 3 is 2.84 bits per heavy atom. The average molecular weight is 359 g/mol. The minimum Gasteiger partial charge on any atom is -0.497 e. The molecular weight excluding hydrogens is 338 g/mol. The summed E-state index contributed by atoms with van der Waals surface area (Å²) < 4.78 is 5.14. The smallest absolute Gasteiger partial charge is 0.270 e. The lowest BCUT2D eigenvalue weighted by Crippen LogP contribution is -2.30. The van der Waals surface area contributed by atoms with Gasteiger partial charge in [0, 0.05) is 37.0 Å². The second-order valence-corrected chi connectivity index (χ2v) is 6.72. The molecule has 2 heterocycles. The molecular formula is C18H21N3O3S. The minimum absolute atomic E-state index is 0.177. The van der Waals surface area contributed by atoms with Gasteiger partial charge in [-0.3, -0.25) is 9.59 Å². The molecule has 1 fully saturated rings. The predicted octanol–water partition coefficient (Wildman–Crippen LogP) is 2.56. The van der Waals surface area contributed by atoms with E-state index in [-0.39, 0.29) is 11.8 Å². The number of hydrogen-bond acceptors (Lipinski definition) is 5. The van der Waals surface area contributed by atoms with Gasteiger partial charge >= 0.3 is 0 Å². The highest BCUT2D eigenvalue weighted by Gasteiger charge is 2.19. The summed E-state index contributed by atoms with van der Waals surface area (Å²) in [6.45, 7) is 2.08. The zero-order valence-corrected chi connectivity index (χ0v) is 15.0. The molecule has 1 aliphatic heterocycles. The molecule has 0 spiro atoms. The van der Waals surface area contributed by atoms with E-state index in [1.165, 1.54) is 11.3 Å². The lowest BCUT2D eigenvalue weighted by atomic mass is 10.2. The zero-order chi connectivity index (χ0) is 17.6. The molecule has 0 saturated carbocycles. The van der Waals surface area contributed by atoms with E-state index in [2.05, 4.69) is 10.3 Å². The van der Waals surface area contributed by atoms with Crippen LogP contribution in [-0.4, -0.2) is 48.4 Å². The van der Waals surface area contributed by atoms with Crippen molar-refractivity contribution in [3.8, 4) is 16.3 Å². The fraction of sp³-hybridized carbons (Fsp3) is 0.389. The molecule has 1 aromatic heterocycles. The largest absolute Gasteiger partial charge is 0.497 e. The maximum Gasteiger partial charge on any atom is 0.270 e. The number of aromatic nitrogens is 1. The van der Waals surface area contributed by atoms with Crippen LogP contribution in [0.2, 0.25) is 0 Å². The van der Waals surface area contributed by atoms with Crippen molar-refractivity contribution in [2.45, 2.75) is 19.3 Å². The van der Waals surface area contributed by atoms with Crippen LogP contribution in [0.5, 0.6) is 5.75 Å². The number of rotatable bonds is 7. The van der Waals surface area contributed by atoms with Crippen molar-refractivity contribution in [2.75, 3.05) is 26.7 Å². The summed E-state index contributed by atoms with van der Waals surface area (Å²) in [4.78, 5) is 30.0. The van der Waals surface area contributed by atoms with Crippen LogP contribution >= 0.6 is 11.3 Å². The van der Waals surface area contributed by atoms with Crippen molar-refractivity contribution in [3.63, 3.8) is 0 Å². The zero-order valence-electron chi connectivity index (χ0n) is 14.2. The number of carbonyl (C=O) groups excluding carboxylic acids is 2. The summed E-state index contributed by atoms with van der Waals surface area (Å²) in [6, 6.07) is 7.59. The molecule has 0 bridgehead atoms. The third-order valence-electron chi connectivity index (χ3n) is 4.14. The van der Waals surface area contributed by atoms with Crippen molar-refractivity contribution in [3.05, 3.63) is 35.3 Å². The molecule has 1 N–H and O–H groups in total. The molecule has 6 nitrogen and oxygen atoms in total. The van der Waals surface area contributed by atoms with Gasteiger partial charge in [-0.05, 0) is 37.1 Å². The molecule has 0 radical (unpaired) electrons. The number of nitrogens with one attached hydrogen (secondary N) is 1. The predicted molar refractivity (Wildman–Crippen MR) is 96.9 cm³/mol. The third-order valence-corrected chi connectivity index (χ3v) is 5.03. The number of ether oxygens (including phenoxy) is 1. The van der Waals surface area contributed by atoms with E-state index in [9.17, 15) is 9.59 Å². The normalized spacial score (nSPS) is 14.0. The van der Waals surface area contributed by atoms with Gasteiger partial charge in [-0.25, -0.2) is 4.98 Å². The Labute approximate surface area is 150 Å². The quantitative estimate of drug-likeness (QED) is 0.771. The van der Waals surface area contributed by atoms with Gasteiger partial charge in [0.15, 0.2) is 0 Å². The van der Waals surface area contributed by atoms with E-state index in [0.29, 0.717) is 25.2 Å². The van der Waals surface area contributed by atoms with Crippen LogP contribution in [0.1, 0.15) is 29.8 Å². The number of amides is 2. The number of hydrogen-bond donors (Lipinski definition) is 1. The molecule has 1 aliphatic rings. The van der Waals surface area contributed by atoms with Gasteiger partial charge in [-0.1, -0.05) is 0 Å². The van der Waals surface area contributed by atoms with Crippen LogP contribution in [0, 0.1) is 0 Å². The van der Waals surface area contributed by atoms with E-state index in [4.69, 9.17) is 4.74 Å². The molecule has 7 heteroatoms. The highest BCUT2D eigenvalue weighted by atomic mass is 32.1. The molecule has 2 amide bonds. The highest BCUT2D eigenvalue weighted by Crippen LogP contribution is 2.25. The first-order chi connectivity index (χ1) is 12.2. The molecule has 0 aliphatic carbocycles. The molecule has 2 aromatic rings. The first kappa shape index (κ1) is 17.4. The summed E-state index contributed by atoms with van der Waals surface area (Å²) in [7, 11) is 1.63. The van der Waals surface area contributed by atoms with Crippen LogP contribution in [0.15, 0.2) is 29.6 Å². The van der Waals surface area contributed by atoms with Gasteiger partial charge in [0.1, 0.15) is 16.5 Å². The van der Waals surface area contributed by atoms with Crippen molar-refractivity contribution in [1.29, 1.82) is 0 Å². The SMILES string of the molecule is COc1ccc(-c2nc(C(=O)NCCCN3CCCC3=O)cs2)cc1. The maximum absolute atomic E-state index is 12.2. The summed E-state index contributed by atoms with van der Waals surface area (Å²) in [6.07, 6.45) is 2.35. The fourth-order valence-electron chi connectivity index (χ4n) is 2.75. The lowest BCUT2D eigenvalue weighted by Gasteiger charge is -2.14. The highest BCUT2D eigenvalue weighted by molar-refractivity contribution is 7.13. The van der Waals surface area contributed by atoms with Crippen LogP contribution in [0.3, 0.4) is 0 Å². The molecule has 1 saturated heterocycles. The molecule has 3 rings (SSSR count). The maximum atomic E-state index is 12.2. The fourth-order valence-corrected chi connectivity index (χ4v) is 3.55. The topological polar surface area (TPSA) is 71.5 Å². The van der Waals surface area contributed by atoms with E-state index in [0.717, 1.165) is 35.7 Å². The van der Waals surface area contributed by atoms with Gasteiger partial charge in [-0.15, -0.1) is 11.3 Å². The Bertz CT molecular complexity index is 742. The number of carbonyl (C=O) groups is 2. The third kappa shape index (κ3) is 4.36. The van der Waals surface area contributed by atoms with Crippen LogP contribution < -0.4 is 10.1 Å². The molecule has 0 unspecified atom stereocenters. The monoisotopic (exact) mass is 359 g/mol. The summed E-state index contributed by atoms with van der Waals surface area (Å²) >= 11 is 1.44. The first-order valence-electron chi connectivity index (χ1n) is 8.33. The van der Waals surface area contributed by atoms with Gasteiger partial charge in [-0.2, -0.15) is 0 Å². The average Bonchev–Trinajstić information content (AvgIpc) is 3.28. The Kier molecular flexibility index (Phi) is 5.65. The van der Waals surface area contributed by atoms with Crippen LogP contribution in [0.25, 0.3) is 10.6 Å². The Hall–Kier alpha value is -2.41. The minimum atomic E-state index is -0.177. The Morgan fingerprint density at radius 2 is 2.16 bits per heavy atom. The van der Waals surface area contributed by atoms with Gasteiger partial charge in [0.25, 0.3) is 5.91 Å². The van der Waals surface area contributed by atoms with E-state index in [1.807, 2.05) is 29.2 Å². The van der Waals surface area contributed by atoms with Crippen LogP contribution in [0.4, 0.5) is 0 Å². The van der Waals surface area contributed by atoms with Crippen LogP contribution in [-0.2, 0) is 4.79 Å². The number of benzene rings is 1. The van der Waals surface area contributed by atoms with Gasteiger partial charge in [0.2, 0.25) is 5.91 Å². The molecule has 25 heavy (non-hydrogen) atoms. The number of thiazole rings is 1. The van der Waals surface area contributed by atoms with Crippen molar-refractivity contribution in [1.82, 2.24) is 15.2 Å². The van der Waals surface area contributed by atoms with E-state index >= 15 is 0 Å². The summed E-state index contributed by atoms with van der Waals surface area (Å²) in [5.74, 6) is 0.827. The second kappa shape index (κ2) is 8.11. The van der Waals surface area contributed by atoms with Crippen molar-refractivity contribution < 1.29 is 14.3 Å². The standard InChI is InChI=1S/C18H21N3O3S/c1-24-14-7-5-13(6-8-14)18-20-15(12-25-18)17(23)19-9-3-11-21-10-2-4-16(21)22/h5-8,12H,2-4,9-11H2,1H3,(H,19,23). The lowest BCUT2D eigenvalue weighted by molar-refractivity contribution is -0.127. The first-order valence-corrected chi connectivity index (χ1v) is 9.21. The Morgan fingerprint density at radius 1 is 1.36 bits per heavy atom. The molecule has 132 valence electrons. The molecule has 0 atom stereocenters. The van der Waals surface area contributed by atoms with Gasteiger partial charge < -0.3 is 15.0 Å².